The molecular weight excluding hydrogens is 114 g/mol. The van der Waals surface area contributed by atoms with E-state index < -0.39 is 0 Å². The Hall–Kier alpha value is -0.0800. The Labute approximate surface area is 56.1 Å². The summed E-state index contributed by atoms with van der Waals surface area (Å²) in [6.45, 7) is 4.36. The Kier molecular flexibility index (Phi) is 1.53. The van der Waals surface area contributed by atoms with E-state index in [-0.39, 0.29) is 12.1 Å². The number of nitrogens with two attached hydrogens (primary N) is 1. The van der Waals surface area contributed by atoms with Crippen LogP contribution >= 0.6 is 0 Å². The highest BCUT2D eigenvalue weighted by Gasteiger charge is 2.57. The first-order valence-electron chi connectivity index (χ1n) is 3.56. The second kappa shape index (κ2) is 1.96. The van der Waals surface area contributed by atoms with Gasteiger partial charge >= 0.3 is 0 Å². The minimum atomic E-state index is -0.227. The van der Waals surface area contributed by atoms with Crippen LogP contribution in [0.3, 0.4) is 0 Å². The van der Waals surface area contributed by atoms with Crippen LogP contribution in [0.25, 0.3) is 0 Å². The molecule has 1 fully saturated rings. The molecule has 0 aromatic carbocycles. The third-order valence-corrected chi connectivity index (χ3v) is 2.75. The van der Waals surface area contributed by atoms with E-state index in [1.165, 1.54) is 0 Å². The third kappa shape index (κ3) is 0.775. The van der Waals surface area contributed by atoms with E-state index in [0.29, 0.717) is 11.8 Å². The lowest BCUT2D eigenvalue weighted by molar-refractivity contribution is 0.241. The largest absolute Gasteiger partial charge is 0.394 e. The van der Waals surface area contributed by atoms with Crippen molar-refractivity contribution in [2.24, 2.45) is 17.6 Å². The molecule has 0 aromatic rings. The van der Waals surface area contributed by atoms with Crippen molar-refractivity contribution >= 4 is 0 Å². The van der Waals surface area contributed by atoms with Crippen LogP contribution in [0.4, 0.5) is 0 Å². The average Bonchev–Trinajstić information content (AvgIpc) is 2.38. The van der Waals surface area contributed by atoms with Crippen LogP contribution in [-0.2, 0) is 0 Å². The molecule has 1 aliphatic carbocycles. The van der Waals surface area contributed by atoms with Crippen molar-refractivity contribution < 1.29 is 5.11 Å². The molecule has 54 valence electrons. The van der Waals surface area contributed by atoms with E-state index in [4.69, 9.17) is 10.8 Å². The molecule has 0 aromatic heterocycles. The van der Waals surface area contributed by atoms with Crippen molar-refractivity contribution in [3.63, 3.8) is 0 Å². The van der Waals surface area contributed by atoms with Crippen LogP contribution in [0.5, 0.6) is 0 Å². The molecule has 2 nitrogen and oxygen atoms in total. The summed E-state index contributed by atoms with van der Waals surface area (Å²) in [5, 5.41) is 8.81. The summed E-state index contributed by atoms with van der Waals surface area (Å²) >= 11 is 0. The molecule has 0 spiro atoms. The van der Waals surface area contributed by atoms with Crippen molar-refractivity contribution in [2.75, 3.05) is 6.61 Å². The van der Waals surface area contributed by atoms with E-state index in [9.17, 15) is 0 Å². The molecule has 0 radical (unpaired) electrons. The Morgan fingerprint density at radius 3 is 2.33 bits per heavy atom. The first kappa shape index (κ1) is 7.03. The smallest absolute Gasteiger partial charge is 0.0616 e. The standard InChI is InChI=1S/C7H15NO/c1-3-6-5(2)7(6,8)4-9/h5-6,9H,3-4,8H2,1-2H3/t5?,6?,7-/m0/s1. The maximum Gasteiger partial charge on any atom is 0.0616 e. The quantitative estimate of drug-likeness (QED) is 0.565. The molecule has 0 saturated heterocycles. The minimum absolute atomic E-state index is 0.146. The van der Waals surface area contributed by atoms with Crippen molar-refractivity contribution in [3.05, 3.63) is 0 Å². The van der Waals surface area contributed by atoms with Gasteiger partial charge in [0.25, 0.3) is 0 Å². The van der Waals surface area contributed by atoms with Gasteiger partial charge in [-0.3, -0.25) is 0 Å². The molecule has 3 atom stereocenters. The van der Waals surface area contributed by atoms with E-state index in [0.717, 1.165) is 6.42 Å². The molecule has 1 saturated carbocycles. The molecule has 0 heterocycles. The van der Waals surface area contributed by atoms with E-state index in [1.807, 2.05) is 0 Å². The van der Waals surface area contributed by atoms with Gasteiger partial charge in [0, 0.05) is 5.54 Å². The number of hydrogen-bond donors (Lipinski definition) is 2. The third-order valence-electron chi connectivity index (χ3n) is 2.75. The predicted molar refractivity (Wildman–Crippen MR) is 36.9 cm³/mol. The molecule has 2 heteroatoms. The zero-order chi connectivity index (χ0) is 7.07. The maximum atomic E-state index is 8.81. The van der Waals surface area contributed by atoms with Gasteiger partial charge in [-0.25, -0.2) is 0 Å². The average molecular weight is 129 g/mol. The number of aliphatic hydroxyl groups excluding tert-OH is 1. The van der Waals surface area contributed by atoms with Crippen LogP contribution in [0.2, 0.25) is 0 Å². The predicted octanol–water partition coefficient (Wildman–Crippen LogP) is 0.352. The summed E-state index contributed by atoms with van der Waals surface area (Å²) in [4.78, 5) is 0. The molecule has 0 amide bonds. The highest BCUT2D eigenvalue weighted by Crippen LogP contribution is 2.49. The van der Waals surface area contributed by atoms with Gasteiger partial charge in [0.15, 0.2) is 0 Å². The minimum Gasteiger partial charge on any atom is -0.394 e. The van der Waals surface area contributed by atoms with Gasteiger partial charge in [-0.15, -0.1) is 0 Å². The second-order valence-electron chi connectivity index (χ2n) is 3.07. The van der Waals surface area contributed by atoms with Crippen molar-refractivity contribution in [3.8, 4) is 0 Å². The normalized spacial score (nSPS) is 49.3. The summed E-state index contributed by atoms with van der Waals surface area (Å²) in [6.07, 6.45) is 1.10. The zero-order valence-electron chi connectivity index (χ0n) is 6.09. The topological polar surface area (TPSA) is 46.2 Å². The van der Waals surface area contributed by atoms with Crippen LogP contribution < -0.4 is 5.73 Å². The van der Waals surface area contributed by atoms with E-state index >= 15 is 0 Å². The summed E-state index contributed by atoms with van der Waals surface area (Å²) in [5.41, 5.74) is 5.57. The summed E-state index contributed by atoms with van der Waals surface area (Å²) in [6, 6.07) is 0. The number of hydrogen-bond acceptors (Lipinski definition) is 2. The first-order valence-corrected chi connectivity index (χ1v) is 3.56. The van der Waals surface area contributed by atoms with E-state index in [2.05, 4.69) is 13.8 Å². The van der Waals surface area contributed by atoms with Crippen molar-refractivity contribution in [1.29, 1.82) is 0 Å². The van der Waals surface area contributed by atoms with Crippen LogP contribution in [0.15, 0.2) is 0 Å². The van der Waals surface area contributed by atoms with E-state index in [1.54, 1.807) is 0 Å². The molecule has 1 rings (SSSR count). The molecule has 9 heavy (non-hydrogen) atoms. The molecular formula is C7H15NO. The first-order chi connectivity index (χ1) is 4.16. The van der Waals surface area contributed by atoms with Gasteiger partial charge in [-0.2, -0.15) is 0 Å². The van der Waals surface area contributed by atoms with Gasteiger partial charge in [-0.1, -0.05) is 20.3 Å². The van der Waals surface area contributed by atoms with Crippen LogP contribution in [0.1, 0.15) is 20.3 Å². The van der Waals surface area contributed by atoms with Gasteiger partial charge in [0.1, 0.15) is 0 Å². The Morgan fingerprint density at radius 1 is 1.67 bits per heavy atom. The maximum absolute atomic E-state index is 8.81. The second-order valence-corrected chi connectivity index (χ2v) is 3.07. The molecule has 3 N–H and O–H groups in total. The highest BCUT2D eigenvalue weighted by molar-refractivity contribution is 5.12. The van der Waals surface area contributed by atoms with Crippen LogP contribution in [0, 0.1) is 11.8 Å². The SMILES string of the molecule is CCC1C(C)[C@@]1(N)CO. The lowest BCUT2D eigenvalue weighted by atomic mass is 10.2. The highest BCUT2D eigenvalue weighted by atomic mass is 16.3. The van der Waals surface area contributed by atoms with Crippen molar-refractivity contribution in [2.45, 2.75) is 25.8 Å². The van der Waals surface area contributed by atoms with Gasteiger partial charge in [0.2, 0.25) is 0 Å². The number of aliphatic hydroxyl groups is 1. The molecule has 0 bridgehead atoms. The molecule has 2 unspecified atom stereocenters. The Balaban J connectivity index is 2.48. The Bertz CT molecular complexity index is 115. The van der Waals surface area contributed by atoms with Crippen molar-refractivity contribution in [1.82, 2.24) is 0 Å². The van der Waals surface area contributed by atoms with Gasteiger partial charge < -0.3 is 10.8 Å². The fourth-order valence-electron chi connectivity index (χ4n) is 1.75. The number of rotatable bonds is 2. The fourth-order valence-corrected chi connectivity index (χ4v) is 1.75. The lowest BCUT2D eigenvalue weighted by Crippen LogP contribution is -2.30. The van der Waals surface area contributed by atoms with Gasteiger partial charge in [0.05, 0.1) is 6.61 Å². The Morgan fingerprint density at radius 2 is 2.22 bits per heavy atom. The molecule has 1 aliphatic rings. The monoisotopic (exact) mass is 129 g/mol. The summed E-state index contributed by atoms with van der Waals surface area (Å²) in [7, 11) is 0. The summed E-state index contributed by atoms with van der Waals surface area (Å²) < 4.78 is 0. The molecule has 0 aliphatic heterocycles. The van der Waals surface area contributed by atoms with Crippen LogP contribution in [-0.4, -0.2) is 17.3 Å². The fraction of sp³-hybridized carbons (Fsp3) is 1.00. The lowest BCUT2D eigenvalue weighted by Gasteiger charge is -2.04. The zero-order valence-corrected chi connectivity index (χ0v) is 6.09. The summed E-state index contributed by atoms with van der Waals surface area (Å²) in [5.74, 6) is 1.08. The van der Waals surface area contributed by atoms with Gasteiger partial charge in [-0.05, 0) is 11.8 Å².